The molecule has 0 aromatic carbocycles. The highest BCUT2D eigenvalue weighted by Gasteiger charge is 2.26. The van der Waals surface area contributed by atoms with Crippen molar-refractivity contribution in [3.8, 4) is 0 Å². The summed E-state index contributed by atoms with van der Waals surface area (Å²) in [5.41, 5.74) is 3.64. The van der Waals surface area contributed by atoms with Crippen LogP contribution in [0.25, 0.3) is 0 Å². The molecule has 2 rings (SSSR count). The first-order valence-electron chi connectivity index (χ1n) is 9.48. The number of rotatable bonds is 6. The van der Waals surface area contributed by atoms with Gasteiger partial charge in [0.05, 0.1) is 11.7 Å². The lowest BCUT2D eigenvalue weighted by atomic mass is 10.1. The number of amidine groups is 1. The first-order valence-corrected chi connectivity index (χ1v) is 10.0. The van der Waals surface area contributed by atoms with Crippen LogP contribution in [0, 0.1) is 13.8 Å². The van der Waals surface area contributed by atoms with Crippen molar-refractivity contribution < 1.29 is 0 Å². The molecule has 0 radical (unpaired) electrons. The summed E-state index contributed by atoms with van der Waals surface area (Å²) in [5.74, 6) is 0.859. The maximum absolute atomic E-state index is 6.46. The molecule has 4 nitrogen and oxygen atoms in total. The zero-order valence-electron chi connectivity index (χ0n) is 16.8. The van der Waals surface area contributed by atoms with Crippen molar-refractivity contribution >= 4 is 17.4 Å². The number of hydrogen-bond acceptors (Lipinski definition) is 3. The summed E-state index contributed by atoms with van der Waals surface area (Å²) < 4.78 is 0. The van der Waals surface area contributed by atoms with E-state index in [0.717, 1.165) is 42.3 Å². The fourth-order valence-electron chi connectivity index (χ4n) is 3.50. The molecule has 1 aliphatic rings. The average Bonchev–Trinajstić information content (AvgIpc) is 2.83. The molecule has 1 saturated heterocycles. The highest BCUT2D eigenvalue weighted by molar-refractivity contribution is 6.19. The third-order valence-corrected chi connectivity index (χ3v) is 4.96. The number of aromatic nitrogens is 1. The van der Waals surface area contributed by atoms with E-state index in [1.54, 1.807) is 6.08 Å². The molecule has 1 aromatic rings. The number of allylic oxidation sites excluding steroid dienone is 3. The lowest BCUT2D eigenvalue weighted by Gasteiger charge is -2.34. The normalized spacial score (nSPS) is 19.1. The van der Waals surface area contributed by atoms with Gasteiger partial charge in [-0.2, -0.15) is 0 Å². The third-order valence-electron chi connectivity index (χ3n) is 4.71. The van der Waals surface area contributed by atoms with Gasteiger partial charge in [0.25, 0.3) is 0 Å². The number of alkyl halides is 1. The minimum Gasteiger partial charge on any atom is -0.338 e. The molecule has 1 aliphatic heterocycles. The Morgan fingerprint density at radius 2 is 2.07 bits per heavy atom. The SMILES string of the molecule is C=C/C=C\C(=C)N=C(c1cc(C)nc(C)c1)N(CCl)C1CCCCN(C)C1. The largest absolute Gasteiger partial charge is 0.338 e. The van der Waals surface area contributed by atoms with Crippen molar-refractivity contribution in [1.82, 2.24) is 14.8 Å². The van der Waals surface area contributed by atoms with Gasteiger partial charge >= 0.3 is 0 Å². The van der Waals surface area contributed by atoms with Crippen molar-refractivity contribution in [3.63, 3.8) is 0 Å². The van der Waals surface area contributed by atoms with Crippen LogP contribution < -0.4 is 0 Å². The topological polar surface area (TPSA) is 31.7 Å². The second kappa shape index (κ2) is 10.4. The van der Waals surface area contributed by atoms with Gasteiger partial charge in [-0.1, -0.05) is 31.7 Å². The molecule has 27 heavy (non-hydrogen) atoms. The number of halogens is 1. The molecule has 1 aromatic heterocycles. The molecule has 0 amide bonds. The van der Waals surface area contributed by atoms with E-state index in [2.05, 4.69) is 47.1 Å². The van der Waals surface area contributed by atoms with Crippen molar-refractivity contribution in [2.45, 2.75) is 39.2 Å². The van der Waals surface area contributed by atoms with Gasteiger partial charge in [-0.05, 0) is 58.5 Å². The summed E-state index contributed by atoms with van der Waals surface area (Å²) in [6.45, 7) is 13.9. The van der Waals surface area contributed by atoms with Gasteiger partial charge in [-0.3, -0.25) is 4.98 Å². The first kappa shape index (κ1) is 21.4. The summed E-state index contributed by atoms with van der Waals surface area (Å²) in [4.78, 5) is 13.9. The lowest BCUT2D eigenvalue weighted by Crippen LogP contribution is -2.45. The maximum atomic E-state index is 6.46. The Bertz CT molecular complexity index is 703. The van der Waals surface area contributed by atoms with Crippen LogP contribution in [0.15, 0.2) is 54.2 Å². The highest BCUT2D eigenvalue weighted by atomic mass is 35.5. The Kier molecular flexibility index (Phi) is 8.26. The number of likely N-dealkylation sites (tertiary alicyclic amines) is 1. The molecule has 1 unspecified atom stereocenters. The van der Waals surface area contributed by atoms with Gasteiger partial charge < -0.3 is 9.80 Å². The number of nitrogens with zero attached hydrogens (tertiary/aromatic N) is 4. The molecule has 0 spiro atoms. The second-order valence-electron chi connectivity index (χ2n) is 7.16. The first-order chi connectivity index (χ1) is 12.9. The Morgan fingerprint density at radius 3 is 2.70 bits per heavy atom. The van der Waals surface area contributed by atoms with Gasteiger partial charge in [0, 0.05) is 29.5 Å². The van der Waals surface area contributed by atoms with Crippen molar-refractivity contribution in [2.24, 2.45) is 4.99 Å². The van der Waals surface area contributed by atoms with Crippen LogP contribution in [0.1, 0.15) is 36.2 Å². The van der Waals surface area contributed by atoms with Crippen LogP contribution in [-0.4, -0.2) is 52.8 Å². The molecular formula is C22H31ClN4. The zero-order valence-corrected chi connectivity index (χ0v) is 17.5. The summed E-state index contributed by atoms with van der Waals surface area (Å²) in [5, 5.41) is 0. The van der Waals surface area contributed by atoms with Crippen LogP contribution in [0.2, 0.25) is 0 Å². The van der Waals surface area contributed by atoms with Gasteiger partial charge in [-0.15, -0.1) is 11.6 Å². The Hall–Kier alpha value is -1.91. The molecule has 1 atom stereocenters. The molecule has 0 saturated carbocycles. The van der Waals surface area contributed by atoms with E-state index >= 15 is 0 Å². The smallest absolute Gasteiger partial charge is 0.137 e. The number of aryl methyl sites for hydroxylation is 2. The van der Waals surface area contributed by atoms with E-state index in [-0.39, 0.29) is 0 Å². The van der Waals surface area contributed by atoms with Crippen LogP contribution in [-0.2, 0) is 0 Å². The number of likely N-dealkylation sites (N-methyl/N-ethyl adjacent to an activating group) is 1. The second-order valence-corrected chi connectivity index (χ2v) is 7.40. The maximum Gasteiger partial charge on any atom is 0.137 e. The van der Waals surface area contributed by atoms with E-state index in [9.17, 15) is 0 Å². The summed E-state index contributed by atoms with van der Waals surface area (Å²) >= 11 is 6.46. The van der Waals surface area contributed by atoms with E-state index in [1.807, 2.05) is 26.0 Å². The monoisotopic (exact) mass is 386 g/mol. The fraction of sp³-hybridized carbons (Fsp3) is 0.455. The van der Waals surface area contributed by atoms with Crippen molar-refractivity contribution in [3.05, 3.63) is 66.2 Å². The van der Waals surface area contributed by atoms with Gasteiger partial charge in [0.15, 0.2) is 0 Å². The van der Waals surface area contributed by atoms with E-state index in [0.29, 0.717) is 17.7 Å². The number of hydrogen-bond donors (Lipinski definition) is 0. The molecule has 0 bridgehead atoms. The number of aliphatic imine (C=N–C) groups is 1. The summed E-state index contributed by atoms with van der Waals surface area (Å²) in [6.07, 6.45) is 8.95. The quantitative estimate of drug-likeness (QED) is 0.234. The van der Waals surface area contributed by atoms with Crippen molar-refractivity contribution in [1.29, 1.82) is 0 Å². The van der Waals surface area contributed by atoms with E-state index in [4.69, 9.17) is 16.6 Å². The van der Waals surface area contributed by atoms with Crippen LogP contribution in [0.5, 0.6) is 0 Å². The van der Waals surface area contributed by atoms with Gasteiger partial charge in [0.1, 0.15) is 5.84 Å². The minimum atomic E-state index is 0.318. The summed E-state index contributed by atoms with van der Waals surface area (Å²) in [7, 11) is 2.17. The molecule has 1 fully saturated rings. The van der Waals surface area contributed by atoms with E-state index < -0.39 is 0 Å². The molecule has 2 heterocycles. The molecule has 0 aliphatic carbocycles. The Morgan fingerprint density at radius 1 is 1.37 bits per heavy atom. The molecule has 0 N–H and O–H groups in total. The zero-order chi connectivity index (χ0) is 19.8. The molecule has 146 valence electrons. The lowest BCUT2D eigenvalue weighted by molar-refractivity contribution is 0.251. The number of pyridine rings is 1. The van der Waals surface area contributed by atoms with Gasteiger partial charge in [0.2, 0.25) is 0 Å². The standard InChI is InChI=1S/C22H31ClN4/c1-6-7-10-17(2)25-22(20-13-18(3)24-19(4)14-20)27(16-23)21-11-8-9-12-26(5)15-21/h6-7,10,13-14,21H,1-2,8-9,11-12,15-16H2,3-5H3/b10-7-,25-22?. The van der Waals surface area contributed by atoms with Gasteiger partial charge in [-0.25, -0.2) is 4.99 Å². The molecular weight excluding hydrogens is 356 g/mol. The Balaban J connectivity index is 2.48. The third kappa shape index (κ3) is 6.33. The van der Waals surface area contributed by atoms with Crippen LogP contribution in [0.3, 0.4) is 0 Å². The average molecular weight is 387 g/mol. The summed E-state index contributed by atoms with van der Waals surface area (Å²) in [6, 6.07) is 4.83. The predicted molar refractivity (Wildman–Crippen MR) is 116 cm³/mol. The predicted octanol–water partition coefficient (Wildman–Crippen LogP) is 4.68. The van der Waals surface area contributed by atoms with E-state index in [1.165, 1.54) is 12.8 Å². The van der Waals surface area contributed by atoms with Crippen LogP contribution in [0.4, 0.5) is 0 Å². The van der Waals surface area contributed by atoms with Crippen LogP contribution >= 0.6 is 11.6 Å². The minimum absolute atomic E-state index is 0.318. The Labute approximate surface area is 168 Å². The molecule has 5 heteroatoms. The highest BCUT2D eigenvalue weighted by Crippen LogP contribution is 2.21. The fourth-order valence-corrected chi connectivity index (χ4v) is 3.80. The van der Waals surface area contributed by atoms with Crippen molar-refractivity contribution in [2.75, 3.05) is 26.1 Å².